The van der Waals surface area contributed by atoms with E-state index in [0.29, 0.717) is 11.8 Å². The van der Waals surface area contributed by atoms with E-state index < -0.39 is 0 Å². The normalized spacial score (nSPS) is 17.3. The summed E-state index contributed by atoms with van der Waals surface area (Å²) in [6, 6.07) is 6.31. The van der Waals surface area contributed by atoms with E-state index in [0.717, 1.165) is 29.8 Å². The van der Waals surface area contributed by atoms with E-state index >= 15 is 0 Å². The van der Waals surface area contributed by atoms with Crippen molar-refractivity contribution < 1.29 is 4.74 Å². The molecule has 20 heavy (non-hydrogen) atoms. The quantitative estimate of drug-likeness (QED) is 0.946. The van der Waals surface area contributed by atoms with Gasteiger partial charge in [-0.1, -0.05) is 17.7 Å². The fraction of sp³-hybridized carbons (Fsp3) is 0.400. The molecule has 0 amide bonds. The molecule has 2 aromatic rings. The second-order valence-electron chi connectivity index (χ2n) is 5.27. The molecule has 1 heterocycles. The van der Waals surface area contributed by atoms with Crippen molar-refractivity contribution in [2.24, 2.45) is 12.8 Å². The molecule has 0 unspecified atom stereocenters. The van der Waals surface area contributed by atoms with Crippen molar-refractivity contribution in [3.05, 3.63) is 45.7 Å². The summed E-state index contributed by atoms with van der Waals surface area (Å²) in [5.41, 5.74) is 10.4. The first kappa shape index (κ1) is 13.5. The molecule has 0 saturated heterocycles. The minimum atomic E-state index is 0.175. The van der Waals surface area contributed by atoms with Crippen LogP contribution in [0.5, 0.6) is 5.75 Å². The van der Waals surface area contributed by atoms with Crippen LogP contribution in [0, 0.1) is 6.92 Å². The van der Waals surface area contributed by atoms with E-state index in [9.17, 15) is 0 Å². The highest BCUT2D eigenvalue weighted by molar-refractivity contribution is 6.30. The van der Waals surface area contributed by atoms with Gasteiger partial charge in [-0.3, -0.25) is 4.68 Å². The summed E-state index contributed by atoms with van der Waals surface area (Å²) in [6.45, 7) is 2.37. The molecule has 1 aliphatic rings. The van der Waals surface area contributed by atoms with Gasteiger partial charge in [0.25, 0.3) is 0 Å². The van der Waals surface area contributed by atoms with Crippen LogP contribution in [0.2, 0.25) is 5.15 Å². The molecule has 0 saturated carbocycles. The number of hydrogen-bond acceptors (Lipinski definition) is 3. The first-order valence-electron chi connectivity index (χ1n) is 6.75. The zero-order chi connectivity index (χ0) is 14.3. The number of rotatable bonds is 3. The summed E-state index contributed by atoms with van der Waals surface area (Å²) in [4.78, 5) is 0. The summed E-state index contributed by atoms with van der Waals surface area (Å²) < 4.78 is 7.51. The zero-order valence-electron chi connectivity index (χ0n) is 11.7. The van der Waals surface area contributed by atoms with E-state index in [4.69, 9.17) is 22.1 Å². The van der Waals surface area contributed by atoms with Crippen molar-refractivity contribution in [2.75, 3.05) is 0 Å². The van der Waals surface area contributed by atoms with Gasteiger partial charge in [-0.15, -0.1) is 0 Å². The van der Waals surface area contributed by atoms with Gasteiger partial charge in [0, 0.05) is 18.7 Å². The highest BCUT2D eigenvalue weighted by atomic mass is 35.5. The molecule has 4 nitrogen and oxygen atoms in total. The van der Waals surface area contributed by atoms with Crippen molar-refractivity contribution in [3.63, 3.8) is 0 Å². The second-order valence-corrected chi connectivity index (χ2v) is 5.63. The molecule has 2 N–H and O–H groups in total. The Morgan fingerprint density at radius 1 is 1.50 bits per heavy atom. The van der Waals surface area contributed by atoms with Crippen molar-refractivity contribution in [1.82, 2.24) is 9.78 Å². The Morgan fingerprint density at radius 2 is 2.30 bits per heavy atom. The zero-order valence-corrected chi connectivity index (χ0v) is 12.4. The molecule has 1 aromatic carbocycles. The molecule has 0 fully saturated rings. The lowest BCUT2D eigenvalue weighted by Crippen LogP contribution is -2.05. The number of fused-ring (bicyclic) bond motifs is 1. The van der Waals surface area contributed by atoms with Crippen molar-refractivity contribution in [3.8, 4) is 5.75 Å². The summed E-state index contributed by atoms with van der Waals surface area (Å²) in [5, 5.41) is 4.91. The number of benzene rings is 1. The fourth-order valence-corrected chi connectivity index (χ4v) is 2.94. The fourth-order valence-electron chi connectivity index (χ4n) is 2.71. The topological polar surface area (TPSA) is 53.1 Å². The van der Waals surface area contributed by atoms with Gasteiger partial charge in [0.1, 0.15) is 17.5 Å². The maximum atomic E-state index is 6.20. The Kier molecular flexibility index (Phi) is 3.44. The minimum Gasteiger partial charge on any atom is -0.489 e. The average Bonchev–Trinajstić information content (AvgIpc) is 2.90. The number of aryl methyl sites for hydroxylation is 3. The number of nitrogens with two attached hydrogens (primary N) is 1. The van der Waals surface area contributed by atoms with Crippen LogP contribution in [-0.2, 0) is 20.1 Å². The standard InChI is InChI=1S/C15H18ClN3O/c1-9-13(15(16)19(2)18-9)8-20-11-4-5-12-10(7-11)3-6-14(12)17/h4-5,7,14H,3,6,8,17H2,1-2H3/t14-/m1/s1. The van der Waals surface area contributed by atoms with E-state index in [-0.39, 0.29) is 6.04 Å². The molecule has 1 atom stereocenters. The van der Waals surface area contributed by atoms with Crippen LogP contribution in [-0.4, -0.2) is 9.78 Å². The third-order valence-electron chi connectivity index (χ3n) is 3.89. The highest BCUT2D eigenvalue weighted by Crippen LogP contribution is 2.32. The molecule has 0 aliphatic heterocycles. The van der Waals surface area contributed by atoms with Crippen molar-refractivity contribution in [2.45, 2.75) is 32.4 Å². The molecular weight excluding hydrogens is 274 g/mol. The van der Waals surface area contributed by atoms with Crippen LogP contribution < -0.4 is 10.5 Å². The average molecular weight is 292 g/mol. The SMILES string of the molecule is Cc1nn(C)c(Cl)c1COc1ccc2c(c1)CC[C@H]2N. The Labute approximate surface area is 123 Å². The van der Waals surface area contributed by atoms with E-state index in [2.05, 4.69) is 17.2 Å². The predicted molar refractivity (Wildman–Crippen MR) is 79.0 cm³/mol. The molecule has 0 bridgehead atoms. The molecule has 3 rings (SSSR count). The molecular formula is C15H18ClN3O. The van der Waals surface area contributed by atoms with E-state index in [1.165, 1.54) is 11.1 Å². The van der Waals surface area contributed by atoms with Gasteiger partial charge in [-0.05, 0) is 43.0 Å². The molecule has 106 valence electrons. The smallest absolute Gasteiger partial charge is 0.133 e. The molecule has 0 spiro atoms. The maximum absolute atomic E-state index is 6.20. The van der Waals surface area contributed by atoms with Crippen molar-refractivity contribution >= 4 is 11.6 Å². The molecule has 1 aromatic heterocycles. The van der Waals surface area contributed by atoms with Crippen LogP contribution in [0.15, 0.2) is 18.2 Å². The maximum Gasteiger partial charge on any atom is 0.133 e. The second kappa shape index (κ2) is 5.11. The van der Waals surface area contributed by atoms with Gasteiger partial charge in [0.05, 0.1) is 5.69 Å². The third kappa shape index (κ3) is 2.30. The lowest BCUT2D eigenvalue weighted by atomic mass is 10.1. The van der Waals surface area contributed by atoms with Crippen LogP contribution in [0.3, 0.4) is 0 Å². The van der Waals surface area contributed by atoms with Gasteiger partial charge < -0.3 is 10.5 Å². The monoisotopic (exact) mass is 291 g/mol. The number of hydrogen-bond donors (Lipinski definition) is 1. The summed E-state index contributed by atoms with van der Waals surface area (Å²) in [7, 11) is 1.83. The number of ether oxygens (including phenoxy) is 1. The summed E-state index contributed by atoms with van der Waals surface area (Å²) >= 11 is 6.20. The Bertz CT molecular complexity index is 651. The first-order valence-corrected chi connectivity index (χ1v) is 7.13. The van der Waals surface area contributed by atoms with Crippen LogP contribution in [0.4, 0.5) is 0 Å². The van der Waals surface area contributed by atoms with Gasteiger partial charge in [0.2, 0.25) is 0 Å². The van der Waals surface area contributed by atoms with Crippen molar-refractivity contribution in [1.29, 1.82) is 0 Å². The molecule has 1 aliphatic carbocycles. The van der Waals surface area contributed by atoms with Gasteiger partial charge in [0.15, 0.2) is 0 Å². The summed E-state index contributed by atoms with van der Waals surface area (Å²) in [6.07, 6.45) is 2.05. The third-order valence-corrected chi connectivity index (χ3v) is 4.36. The number of aromatic nitrogens is 2. The minimum absolute atomic E-state index is 0.175. The highest BCUT2D eigenvalue weighted by Gasteiger charge is 2.19. The Hall–Kier alpha value is -1.52. The molecule has 0 radical (unpaired) electrons. The van der Waals surface area contributed by atoms with Gasteiger partial charge in [-0.25, -0.2) is 0 Å². The first-order chi connectivity index (χ1) is 9.56. The Balaban J connectivity index is 1.76. The van der Waals surface area contributed by atoms with E-state index in [1.54, 1.807) is 4.68 Å². The number of halogens is 1. The van der Waals surface area contributed by atoms with Gasteiger partial charge >= 0.3 is 0 Å². The lowest BCUT2D eigenvalue weighted by Gasteiger charge is -2.09. The predicted octanol–water partition coefficient (Wildman–Crippen LogP) is 2.91. The van der Waals surface area contributed by atoms with E-state index in [1.807, 2.05) is 20.0 Å². The summed E-state index contributed by atoms with van der Waals surface area (Å²) in [5.74, 6) is 0.858. The largest absolute Gasteiger partial charge is 0.489 e. The Morgan fingerprint density at radius 3 is 3.00 bits per heavy atom. The lowest BCUT2D eigenvalue weighted by molar-refractivity contribution is 0.305. The number of nitrogens with zero attached hydrogens (tertiary/aromatic N) is 2. The van der Waals surface area contributed by atoms with Crippen LogP contribution in [0.1, 0.15) is 34.8 Å². The van der Waals surface area contributed by atoms with Crippen LogP contribution in [0.25, 0.3) is 0 Å². The van der Waals surface area contributed by atoms with Gasteiger partial charge in [-0.2, -0.15) is 5.10 Å². The van der Waals surface area contributed by atoms with Crippen LogP contribution >= 0.6 is 11.6 Å². The molecule has 5 heteroatoms.